The Balaban J connectivity index is 1.55. The lowest BCUT2D eigenvalue weighted by Crippen LogP contribution is -2.17. The largest absolute Gasteiger partial charge is 0.493 e. The monoisotopic (exact) mass is 362 g/mol. The van der Waals surface area contributed by atoms with Crippen molar-refractivity contribution >= 4 is 0 Å². The van der Waals surface area contributed by atoms with Crippen molar-refractivity contribution in [3.05, 3.63) is 89.2 Å². The lowest BCUT2D eigenvalue weighted by atomic mass is 10.1. The summed E-state index contributed by atoms with van der Waals surface area (Å²) in [7, 11) is 1.66. The summed E-state index contributed by atoms with van der Waals surface area (Å²) in [6.07, 6.45) is 4.59. The molecule has 0 fully saturated rings. The topological polar surface area (TPSA) is 43.4 Å². The minimum absolute atomic E-state index is 0.467. The van der Waals surface area contributed by atoms with Gasteiger partial charge < -0.3 is 14.8 Å². The van der Waals surface area contributed by atoms with Crippen LogP contribution >= 0.6 is 0 Å². The molecule has 0 bridgehead atoms. The van der Waals surface area contributed by atoms with E-state index in [1.807, 2.05) is 30.5 Å². The van der Waals surface area contributed by atoms with Gasteiger partial charge in [-0.25, -0.2) is 0 Å². The highest BCUT2D eigenvalue weighted by Crippen LogP contribution is 2.28. The van der Waals surface area contributed by atoms with Crippen LogP contribution in [0.4, 0.5) is 0 Å². The van der Waals surface area contributed by atoms with Crippen LogP contribution in [-0.4, -0.2) is 18.6 Å². The average Bonchev–Trinajstić information content (AvgIpc) is 2.71. The molecule has 3 rings (SSSR count). The first-order valence-electron chi connectivity index (χ1n) is 9.20. The van der Waals surface area contributed by atoms with Gasteiger partial charge in [-0.05, 0) is 54.8 Å². The van der Waals surface area contributed by atoms with Crippen LogP contribution in [0.3, 0.4) is 0 Å². The third kappa shape index (κ3) is 5.56. The van der Waals surface area contributed by atoms with Crippen LogP contribution in [-0.2, 0) is 19.6 Å². The van der Waals surface area contributed by atoms with E-state index in [0.717, 1.165) is 36.6 Å². The zero-order valence-electron chi connectivity index (χ0n) is 15.9. The average molecular weight is 362 g/mol. The molecule has 140 valence electrons. The maximum Gasteiger partial charge on any atom is 0.161 e. The predicted molar refractivity (Wildman–Crippen MR) is 108 cm³/mol. The molecule has 0 radical (unpaired) electrons. The van der Waals surface area contributed by atoms with Crippen molar-refractivity contribution in [2.24, 2.45) is 0 Å². The number of aromatic nitrogens is 1. The molecular weight excluding hydrogens is 336 g/mol. The molecule has 2 aromatic carbocycles. The first-order valence-corrected chi connectivity index (χ1v) is 9.20. The summed E-state index contributed by atoms with van der Waals surface area (Å²) in [6.45, 7) is 4.35. The van der Waals surface area contributed by atoms with E-state index in [4.69, 9.17) is 9.47 Å². The molecule has 27 heavy (non-hydrogen) atoms. The van der Waals surface area contributed by atoms with Gasteiger partial charge in [0.15, 0.2) is 11.5 Å². The summed E-state index contributed by atoms with van der Waals surface area (Å²) in [5, 5.41) is 3.51. The van der Waals surface area contributed by atoms with Crippen LogP contribution in [0.25, 0.3) is 0 Å². The number of ether oxygens (including phenoxy) is 2. The number of methoxy groups -OCH3 is 1. The number of hydrogen-bond donors (Lipinski definition) is 1. The van der Waals surface area contributed by atoms with E-state index in [9.17, 15) is 0 Å². The molecule has 3 aromatic rings. The van der Waals surface area contributed by atoms with Gasteiger partial charge in [0.25, 0.3) is 0 Å². The van der Waals surface area contributed by atoms with Crippen molar-refractivity contribution in [3.8, 4) is 11.5 Å². The highest BCUT2D eigenvalue weighted by atomic mass is 16.5. The Kier molecular flexibility index (Phi) is 6.83. The van der Waals surface area contributed by atoms with Crippen LogP contribution in [0.5, 0.6) is 11.5 Å². The highest BCUT2D eigenvalue weighted by molar-refractivity contribution is 5.43. The Morgan fingerprint density at radius 1 is 0.963 bits per heavy atom. The van der Waals surface area contributed by atoms with Gasteiger partial charge in [-0.3, -0.25) is 4.98 Å². The number of aryl methyl sites for hydroxylation is 1. The van der Waals surface area contributed by atoms with Gasteiger partial charge in [-0.2, -0.15) is 0 Å². The number of nitrogens with zero attached hydrogens (tertiary/aromatic N) is 1. The quantitative estimate of drug-likeness (QED) is 0.576. The van der Waals surface area contributed by atoms with Gasteiger partial charge in [0.1, 0.15) is 6.61 Å². The van der Waals surface area contributed by atoms with Crippen LogP contribution in [0.2, 0.25) is 0 Å². The Morgan fingerprint density at radius 2 is 1.85 bits per heavy atom. The van der Waals surface area contributed by atoms with Crippen LogP contribution in [0, 0.1) is 6.92 Å². The zero-order chi connectivity index (χ0) is 18.9. The number of rotatable bonds is 9. The molecule has 0 aliphatic heterocycles. The van der Waals surface area contributed by atoms with Gasteiger partial charge in [0, 0.05) is 24.5 Å². The first kappa shape index (κ1) is 18.9. The molecule has 4 nitrogen and oxygen atoms in total. The van der Waals surface area contributed by atoms with Crippen molar-refractivity contribution in [2.75, 3.05) is 13.7 Å². The summed E-state index contributed by atoms with van der Waals surface area (Å²) < 4.78 is 11.4. The molecule has 0 saturated carbocycles. The van der Waals surface area contributed by atoms with Crippen molar-refractivity contribution < 1.29 is 9.47 Å². The van der Waals surface area contributed by atoms with Gasteiger partial charge in [-0.15, -0.1) is 0 Å². The highest BCUT2D eigenvalue weighted by Gasteiger charge is 2.07. The minimum Gasteiger partial charge on any atom is -0.493 e. The Hall–Kier alpha value is -2.85. The van der Waals surface area contributed by atoms with Crippen LogP contribution in [0.1, 0.15) is 22.3 Å². The number of pyridine rings is 1. The number of benzene rings is 2. The molecule has 1 aromatic heterocycles. The van der Waals surface area contributed by atoms with Crippen molar-refractivity contribution in [3.63, 3.8) is 0 Å². The lowest BCUT2D eigenvalue weighted by Gasteiger charge is -2.13. The number of nitrogens with one attached hydrogen (secondary N) is 1. The van der Waals surface area contributed by atoms with Gasteiger partial charge >= 0.3 is 0 Å². The standard InChI is InChI=1S/C23H26N2O2/c1-18-6-3-4-8-21(18)11-13-25-15-19-9-10-22(26-2)23(14-19)27-17-20-7-5-12-24-16-20/h3-10,12,14,16,25H,11,13,15,17H2,1-2H3. The van der Waals surface area contributed by atoms with E-state index in [0.29, 0.717) is 6.61 Å². The van der Waals surface area contributed by atoms with Crippen molar-refractivity contribution in [1.29, 1.82) is 0 Å². The van der Waals surface area contributed by atoms with E-state index in [2.05, 4.69) is 47.6 Å². The van der Waals surface area contributed by atoms with E-state index in [1.165, 1.54) is 16.7 Å². The Labute approximate surface area is 161 Å². The summed E-state index contributed by atoms with van der Waals surface area (Å²) in [4.78, 5) is 4.12. The molecule has 0 saturated heterocycles. The normalized spacial score (nSPS) is 10.6. The molecular formula is C23H26N2O2. The SMILES string of the molecule is COc1ccc(CNCCc2ccccc2C)cc1OCc1cccnc1. The molecule has 0 atom stereocenters. The van der Waals surface area contributed by atoms with Crippen LogP contribution in [0.15, 0.2) is 67.0 Å². The fourth-order valence-electron chi connectivity index (χ4n) is 2.93. The third-order valence-electron chi connectivity index (χ3n) is 4.51. The molecule has 0 spiro atoms. The predicted octanol–water partition coefficient (Wildman–Crippen LogP) is 4.31. The van der Waals surface area contributed by atoms with Crippen LogP contribution < -0.4 is 14.8 Å². The summed E-state index contributed by atoms with van der Waals surface area (Å²) in [6, 6.07) is 18.5. The van der Waals surface area contributed by atoms with Gasteiger partial charge in [0.05, 0.1) is 7.11 Å². The van der Waals surface area contributed by atoms with Crippen molar-refractivity contribution in [1.82, 2.24) is 10.3 Å². The molecule has 1 heterocycles. The lowest BCUT2D eigenvalue weighted by molar-refractivity contribution is 0.284. The zero-order valence-corrected chi connectivity index (χ0v) is 15.9. The maximum absolute atomic E-state index is 5.95. The second-order valence-corrected chi connectivity index (χ2v) is 6.49. The smallest absolute Gasteiger partial charge is 0.161 e. The van der Waals surface area contributed by atoms with Gasteiger partial charge in [-0.1, -0.05) is 36.4 Å². The fraction of sp³-hybridized carbons (Fsp3) is 0.261. The van der Waals surface area contributed by atoms with E-state index in [1.54, 1.807) is 13.3 Å². The number of hydrogen-bond acceptors (Lipinski definition) is 4. The van der Waals surface area contributed by atoms with E-state index >= 15 is 0 Å². The molecule has 0 aliphatic carbocycles. The molecule has 4 heteroatoms. The molecule has 1 N–H and O–H groups in total. The molecule has 0 aliphatic rings. The maximum atomic E-state index is 5.95. The molecule has 0 unspecified atom stereocenters. The summed E-state index contributed by atoms with van der Waals surface area (Å²) >= 11 is 0. The minimum atomic E-state index is 0.467. The van der Waals surface area contributed by atoms with Gasteiger partial charge in [0.2, 0.25) is 0 Å². The molecule has 0 amide bonds. The second kappa shape index (κ2) is 9.74. The van der Waals surface area contributed by atoms with E-state index < -0.39 is 0 Å². The second-order valence-electron chi connectivity index (χ2n) is 6.49. The Bertz CT molecular complexity index is 850. The summed E-state index contributed by atoms with van der Waals surface area (Å²) in [5.41, 5.74) is 4.93. The summed E-state index contributed by atoms with van der Waals surface area (Å²) in [5.74, 6) is 1.49. The van der Waals surface area contributed by atoms with E-state index in [-0.39, 0.29) is 0 Å². The van der Waals surface area contributed by atoms with Crippen molar-refractivity contribution in [2.45, 2.75) is 26.5 Å². The third-order valence-corrected chi connectivity index (χ3v) is 4.51. The first-order chi connectivity index (χ1) is 13.3. The Morgan fingerprint density at radius 3 is 2.63 bits per heavy atom. The fourth-order valence-corrected chi connectivity index (χ4v) is 2.93.